The van der Waals surface area contributed by atoms with Crippen molar-refractivity contribution in [3.63, 3.8) is 0 Å². The van der Waals surface area contributed by atoms with E-state index in [1.165, 1.54) is 32.1 Å². The molecule has 2 rings (SSSR count). The summed E-state index contributed by atoms with van der Waals surface area (Å²) >= 11 is 0. The Bertz CT molecular complexity index is 426. The fourth-order valence-electron chi connectivity index (χ4n) is 4.46. The molecule has 0 radical (unpaired) electrons. The van der Waals surface area contributed by atoms with Gasteiger partial charge in [-0.05, 0) is 52.6 Å². The first-order valence-electron chi connectivity index (χ1n) is 10.8. The van der Waals surface area contributed by atoms with Crippen molar-refractivity contribution in [2.45, 2.75) is 77.3 Å². The lowest BCUT2D eigenvalue weighted by Crippen LogP contribution is -2.52. The normalized spacial score (nSPS) is 24.3. The van der Waals surface area contributed by atoms with E-state index in [1.54, 1.807) is 0 Å². The molecule has 1 heterocycles. The highest BCUT2D eigenvalue weighted by molar-refractivity contribution is 5.80. The molecule has 2 N–H and O–H groups in total. The van der Waals surface area contributed by atoms with Gasteiger partial charge in [0.15, 0.2) is 5.96 Å². The van der Waals surface area contributed by atoms with E-state index in [0.29, 0.717) is 12.0 Å². The van der Waals surface area contributed by atoms with Crippen molar-refractivity contribution in [2.75, 3.05) is 40.4 Å². The highest BCUT2D eigenvalue weighted by Crippen LogP contribution is 2.31. The van der Waals surface area contributed by atoms with Gasteiger partial charge in [-0.2, -0.15) is 0 Å². The van der Waals surface area contributed by atoms with Crippen LogP contribution >= 0.6 is 0 Å². The molecule has 2 aliphatic rings. The standard InChI is InChI=1S/C21H42N4O/c1-6-22-20(23-16-21(25(4)5)12-14-26-15-13-21)24-18(3)17(2)19-10-8-7-9-11-19/h17-19H,6-16H2,1-5H3,(H2,22,23,24). The molecule has 0 spiro atoms. The van der Waals surface area contributed by atoms with Gasteiger partial charge in [-0.25, -0.2) is 0 Å². The van der Waals surface area contributed by atoms with Crippen molar-refractivity contribution >= 4 is 5.96 Å². The summed E-state index contributed by atoms with van der Waals surface area (Å²) in [5, 5.41) is 7.16. The van der Waals surface area contributed by atoms with Crippen LogP contribution in [0.3, 0.4) is 0 Å². The molecule has 0 amide bonds. The van der Waals surface area contributed by atoms with Gasteiger partial charge in [0.25, 0.3) is 0 Å². The van der Waals surface area contributed by atoms with Crippen LogP contribution in [0.5, 0.6) is 0 Å². The van der Waals surface area contributed by atoms with Crippen molar-refractivity contribution in [3.05, 3.63) is 0 Å². The predicted octanol–water partition coefficient (Wildman–Crippen LogP) is 3.26. The minimum Gasteiger partial charge on any atom is -0.381 e. The van der Waals surface area contributed by atoms with E-state index in [1.807, 2.05) is 0 Å². The van der Waals surface area contributed by atoms with Crippen molar-refractivity contribution in [2.24, 2.45) is 16.8 Å². The Kier molecular flexibility index (Phi) is 8.68. The third-order valence-corrected chi connectivity index (χ3v) is 6.79. The van der Waals surface area contributed by atoms with Gasteiger partial charge in [-0.1, -0.05) is 39.0 Å². The molecular weight excluding hydrogens is 324 g/mol. The second-order valence-electron chi connectivity index (χ2n) is 8.62. The molecular formula is C21H42N4O. The van der Waals surface area contributed by atoms with Crippen molar-refractivity contribution in [1.82, 2.24) is 15.5 Å². The predicted molar refractivity (Wildman–Crippen MR) is 111 cm³/mol. The third kappa shape index (κ3) is 5.85. The largest absolute Gasteiger partial charge is 0.381 e. The molecule has 1 saturated heterocycles. The van der Waals surface area contributed by atoms with E-state index in [2.05, 4.69) is 50.4 Å². The number of ether oxygens (including phenoxy) is 1. The number of hydrogen-bond acceptors (Lipinski definition) is 3. The number of likely N-dealkylation sites (N-methyl/N-ethyl adjacent to an activating group) is 1. The minimum absolute atomic E-state index is 0.124. The number of guanidine groups is 1. The van der Waals surface area contributed by atoms with E-state index in [0.717, 1.165) is 51.0 Å². The van der Waals surface area contributed by atoms with Crippen LogP contribution in [0.2, 0.25) is 0 Å². The molecule has 152 valence electrons. The Morgan fingerprint density at radius 2 is 1.81 bits per heavy atom. The first kappa shape index (κ1) is 21.5. The zero-order chi connectivity index (χ0) is 19.0. The molecule has 1 saturated carbocycles. The number of rotatable bonds is 7. The fourth-order valence-corrected chi connectivity index (χ4v) is 4.46. The molecule has 26 heavy (non-hydrogen) atoms. The first-order chi connectivity index (χ1) is 12.5. The van der Waals surface area contributed by atoms with Gasteiger partial charge in [0.05, 0.1) is 6.54 Å². The second kappa shape index (κ2) is 10.5. The summed E-state index contributed by atoms with van der Waals surface area (Å²) in [7, 11) is 4.35. The van der Waals surface area contributed by atoms with Crippen molar-refractivity contribution in [3.8, 4) is 0 Å². The smallest absolute Gasteiger partial charge is 0.191 e. The van der Waals surface area contributed by atoms with Crippen LogP contribution in [-0.4, -0.2) is 62.8 Å². The Labute approximate surface area is 161 Å². The van der Waals surface area contributed by atoms with Crippen LogP contribution < -0.4 is 10.6 Å². The average molecular weight is 367 g/mol. The maximum absolute atomic E-state index is 5.59. The summed E-state index contributed by atoms with van der Waals surface area (Å²) in [5.74, 6) is 2.51. The van der Waals surface area contributed by atoms with Crippen LogP contribution in [-0.2, 0) is 4.74 Å². The first-order valence-corrected chi connectivity index (χ1v) is 10.8. The summed E-state index contributed by atoms with van der Waals surface area (Å²) in [5.41, 5.74) is 0.124. The van der Waals surface area contributed by atoms with Gasteiger partial charge in [-0.15, -0.1) is 0 Å². The number of nitrogens with zero attached hydrogens (tertiary/aromatic N) is 2. The van der Waals surface area contributed by atoms with E-state index in [9.17, 15) is 0 Å². The molecule has 0 aromatic carbocycles. The Morgan fingerprint density at radius 3 is 2.38 bits per heavy atom. The molecule has 0 aromatic rings. The summed E-state index contributed by atoms with van der Waals surface area (Å²) in [6.07, 6.45) is 9.13. The average Bonchev–Trinajstić information content (AvgIpc) is 2.67. The molecule has 1 aliphatic heterocycles. The van der Waals surface area contributed by atoms with Crippen LogP contribution in [0.4, 0.5) is 0 Å². The van der Waals surface area contributed by atoms with Crippen LogP contribution in [0, 0.1) is 11.8 Å². The van der Waals surface area contributed by atoms with Crippen LogP contribution in [0.15, 0.2) is 4.99 Å². The third-order valence-electron chi connectivity index (χ3n) is 6.79. The Hall–Kier alpha value is -0.810. The maximum atomic E-state index is 5.59. The Balaban J connectivity index is 1.98. The number of nitrogens with one attached hydrogen (secondary N) is 2. The maximum Gasteiger partial charge on any atom is 0.191 e. The van der Waals surface area contributed by atoms with Gasteiger partial charge in [0, 0.05) is 31.3 Å². The summed E-state index contributed by atoms with van der Waals surface area (Å²) < 4.78 is 5.59. The molecule has 0 aromatic heterocycles. The minimum atomic E-state index is 0.124. The Morgan fingerprint density at radius 1 is 1.15 bits per heavy atom. The summed E-state index contributed by atoms with van der Waals surface area (Å²) in [4.78, 5) is 7.34. The molecule has 5 heteroatoms. The highest BCUT2D eigenvalue weighted by Gasteiger charge is 2.35. The lowest BCUT2D eigenvalue weighted by atomic mass is 9.78. The van der Waals surface area contributed by atoms with E-state index in [-0.39, 0.29) is 5.54 Å². The zero-order valence-corrected chi connectivity index (χ0v) is 17.8. The quantitative estimate of drug-likeness (QED) is 0.536. The van der Waals surface area contributed by atoms with Gasteiger partial charge in [-0.3, -0.25) is 4.99 Å². The molecule has 2 unspecified atom stereocenters. The molecule has 0 bridgehead atoms. The van der Waals surface area contributed by atoms with Gasteiger partial charge in [0.2, 0.25) is 0 Å². The highest BCUT2D eigenvalue weighted by atomic mass is 16.5. The van der Waals surface area contributed by atoms with Crippen LogP contribution in [0.25, 0.3) is 0 Å². The van der Waals surface area contributed by atoms with Gasteiger partial charge < -0.3 is 20.3 Å². The fraction of sp³-hybridized carbons (Fsp3) is 0.952. The lowest BCUT2D eigenvalue weighted by molar-refractivity contribution is -0.00256. The molecule has 2 fully saturated rings. The second-order valence-corrected chi connectivity index (χ2v) is 8.62. The summed E-state index contributed by atoms with van der Waals surface area (Å²) in [6, 6.07) is 0.445. The van der Waals surface area contributed by atoms with Crippen molar-refractivity contribution in [1.29, 1.82) is 0 Å². The monoisotopic (exact) mass is 366 g/mol. The van der Waals surface area contributed by atoms with E-state index in [4.69, 9.17) is 9.73 Å². The number of hydrogen-bond donors (Lipinski definition) is 2. The van der Waals surface area contributed by atoms with Gasteiger partial charge in [0.1, 0.15) is 0 Å². The molecule has 1 aliphatic carbocycles. The summed E-state index contributed by atoms with van der Waals surface area (Å²) in [6.45, 7) is 10.3. The lowest BCUT2D eigenvalue weighted by Gasteiger charge is -2.42. The molecule has 5 nitrogen and oxygen atoms in total. The van der Waals surface area contributed by atoms with Crippen molar-refractivity contribution < 1.29 is 4.74 Å². The van der Waals surface area contributed by atoms with E-state index >= 15 is 0 Å². The van der Waals surface area contributed by atoms with Gasteiger partial charge >= 0.3 is 0 Å². The zero-order valence-electron chi connectivity index (χ0n) is 17.8. The topological polar surface area (TPSA) is 48.9 Å². The SMILES string of the molecule is CCNC(=NCC1(N(C)C)CCOCC1)NC(C)C(C)C1CCCCC1. The number of aliphatic imine (C=N–C) groups is 1. The molecule has 2 atom stereocenters. The van der Waals surface area contributed by atoms with Crippen LogP contribution in [0.1, 0.15) is 65.7 Å². The van der Waals surface area contributed by atoms with E-state index < -0.39 is 0 Å².